The summed E-state index contributed by atoms with van der Waals surface area (Å²) in [6, 6.07) is 24.7. The van der Waals surface area contributed by atoms with Crippen LogP contribution in [0.2, 0.25) is 0 Å². The van der Waals surface area contributed by atoms with Crippen molar-refractivity contribution in [1.82, 2.24) is 25.5 Å². The summed E-state index contributed by atoms with van der Waals surface area (Å²) in [7, 11) is 1.80. The molecule has 0 unspecified atom stereocenters. The first kappa shape index (κ1) is 26.8. The number of nitrogens with zero attached hydrogens (tertiary/aromatic N) is 4. The number of ether oxygens (including phenoxy) is 2. The molecule has 0 radical (unpaired) electrons. The van der Waals surface area contributed by atoms with E-state index in [0.717, 1.165) is 22.3 Å². The zero-order chi connectivity index (χ0) is 27.0. The summed E-state index contributed by atoms with van der Waals surface area (Å²) in [5, 5.41) is 27.6. The second-order valence-electron chi connectivity index (χ2n) is 9.16. The average Bonchev–Trinajstić information content (AvgIpc) is 3.40. The van der Waals surface area contributed by atoms with Crippen molar-refractivity contribution in [2.45, 2.75) is 43.2 Å². The van der Waals surface area contributed by atoms with E-state index in [1.807, 2.05) is 78.9 Å². The minimum Gasteiger partial charge on any atom is -0.392 e. The van der Waals surface area contributed by atoms with Gasteiger partial charge in [-0.15, -0.1) is 5.10 Å². The minimum atomic E-state index is -0.640. The van der Waals surface area contributed by atoms with E-state index in [-0.39, 0.29) is 24.8 Å². The number of aliphatic hydroxyl groups excluding tert-OH is 1. The van der Waals surface area contributed by atoms with E-state index < -0.39 is 6.29 Å². The highest BCUT2D eigenvalue weighted by Crippen LogP contribution is 2.39. The molecule has 39 heavy (non-hydrogen) atoms. The maximum atomic E-state index is 12.5. The topological polar surface area (TPSA) is 123 Å². The number of thioether (sulfide) groups is 1. The molecule has 1 fully saturated rings. The lowest BCUT2D eigenvalue weighted by Gasteiger charge is -2.36. The molecule has 10 nitrogen and oxygen atoms in total. The highest BCUT2D eigenvalue weighted by molar-refractivity contribution is 7.99. The monoisotopic (exact) mass is 546 g/mol. The Morgan fingerprint density at radius 2 is 1.85 bits per heavy atom. The van der Waals surface area contributed by atoms with Crippen LogP contribution in [0.25, 0.3) is 0 Å². The quantitative estimate of drug-likeness (QED) is 0.265. The molecule has 1 aliphatic rings. The molecule has 3 N–H and O–H groups in total. The summed E-state index contributed by atoms with van der Waals surface area (Å²) in [6.07, 6.45) is -0.351. The summed E-state index contributed by atoms with van der Waals surface area (Å²) in [5.74, 6) is 0.638. The van der Waals surface area contributed by atoms with Gasteiger partial charge < -0.3 is 25.2 Å². The van der Waals surface area contributed by atoms with Crippen LogP contribution in [-0.2, 0) is 29.7 Å². The Bertz CT molecular complexity index is 1370. The highest BCUT2D eigenvalue weighted by atomic mass is 32.2. The van der Waals surface area contributed by atoms with E-state index in [1.165, 1.54) is 11.8 Å². The predicted molar refractivity (Wildman–Crippen MR) is 147 cm³/mol. The van der Waals surface area contributed by atoms with Crippen molar-refractivity contribution < 1.29 is 19.4 Å². The fourth-order valence-electron chi connectivity index (χ4n) is 4.25. The molecule has 0 spiro atoms. The molecule has 2 heterocycles. The number of nitrogens with one attached hydrogen (secondary N) is 2. The molecule has 1 aliphatic heterocycles. The van der Waals surface area contributed by atoms with E-state index in [1.54, 1.807) is 11.7 Å². The lowest BCUT2D eigenvalue weighted by atomic mass is 10.0. The minimum absolute atomic E-state index is 0.0126. The third-order valence-electron chi connectivity index (χ3n) is 6.31. The summed E-state index contributed by atoms with van der Waals surface area (Å²) in [6.45, 7) is 0.416. The standard InChI is InChI=1S/C28H30N6O4S/c1-34-28(31-32-33-34)39-18-24-15-25(21-12-10-20(17-35)11-13-21)38-26(37-24)22-8-5-9-23(14-22)30-27(36)29-16-19-6-3-2-4-7-19/h2-14,24-26,35H,15-18H2,1H3,(H2,29,30,36)/t24-,25+,26+/m1/s1. The molecule has 3 atom stereocenters. The van der Waals surface area contributed by atoms with Gasteiger partial charge >= 0.3 is 6.03 Å². The zero-order valence-corrected chi connectivity index (χ0v) is 22.3. The van der Waals surface area contributed by atoms with Crippen molar-refractivity contribution >= 4 is 23.5 Å². The third-order valence-corrected chi connectivity index (χ3v) is 7.45. The number of anilines is 1. The lowest BCUT2D eigenvalue weighted by Crippen LogP contribution is -2.31. The SMILES string of the molecule is Cn1nnnc1SC[C@H]1C[C@@H](c2ccc(CO)cc2)O[C@@H](c2cccc(NC(=O)NCc3ccccc3)c2)O1. The Labute approximate surface area is 230 Å². The molecule has 0 saturated carbocycles. The largest absolute Gasteiger partial charge is 0.392 e. The van der Waals surface area contributed by atoms with Crippen LogP contribution in [0.5, 0.6) is 0 Å². The fourth-order valence-corrected chi connectivity index (χ4v) is 5.12. The first-order valence-corrected chi connectivity index (χ1v) is 13.6. The lowest BCUT2D eigenvalue weighted by molar-refractivity contribution is -0.245. The van der Waals surface area contributed by atoms with Crippen LogP contribution in [0.3, 0.4) is 0 Å². The van der Waals surface area contributed by atoms with Crippen molar-refractivity contribution in [3.05, 3.63) is 101 Å². The van der Waals surface area contributed by atoms with Crippen LogP contribution in [0.4, 0.5) is 10.5 Å². The van der Waals surface area contributed by atoms with Crippen molar-refractivity contribution in [3.63, 3.8) is 0 Å². The number of carbonyl (C=O) groups excluding carboxylic acids is 1. The van der Waals surface area contributed by atoms with Crippen molar-refractivity contribution in [1.29, 1.82) is 0 Å². The van der Waals surface area contributed by atoms with Crippen molar-refractivity contribution in [2.75, 3.05) is 11.1 Å². The van der Waals surface area contributed by atoms with E-state index in [9.17, 15) is 9.90 Å². The van der Waals surface area contributed by atoms with Crippen LogP contribution in [0.15, 0.2) is 84.0 Å². The van der Waals surface area contributed by atoms with Gasteiger partial charge in [-0.3, -0.25) is 0 Å². The molecule has 202 valence electrons. The number of tetrazole rings is 1. The number of aliphatic hydroxyl groups is 1. The van der Waals surface area contributed by atoms with Gasteiger partial charge in [-0.1, -0.05) is 78.5 Å². The van der Waals surface area contributed by atoms with E-state index in [4.69, 9.17) is 9.47 Å². The van der Waals surface area contributed by atoms with Crippen LogP contribution in [0.1, 0.15) is 41.1 Å². The molecule has 0 aliphatic carbocycles. The smallest absolute Gasteiger partial charge is 0.319 e. The van der Waals surface area contributed by atoms with Gasteiger partial charge in [0.1, 0.15) is 0 Å². The summed E-state index contributed by atoms with van der Waals surface area (Å²) in [5.41, 5.74) is 4.29. The number of hydrogen-bond acceptors (Lipinski definition) is 8. The van der Waals surface area contributed by atoms with Gasteiger partial charge in [-0.2, -0.15) is 0 Å². The van der Waals surface area contributed by atoms with Crippen molar-refractivity contribution in [2.24, 2.45) is 7.05 Å². The van der Waals surface area contributed by atoms with E-state index in [0.29, 0.717) is 29.6 Å². The molecule has 4 aromatic rings. The van der Waals surface area contributed by atoms with Crippen LogP contribution in [-0.4, -0.2) is 43.2 Å². The Hall–Kier alpha value is -3.77. The number of benzene rings is 3. The van der Waals surface area contributed by atoms with E-state index in [2.05, 4.69) is 26.2 Å². The Morgan fingerprint density at radius 1 is 1.03 bits per heavy atom. The number of urea groups is 1. The number of rotatable bonds is 9. The summed E-state index contributed by atoms with van der Waals surface area (Å²) in [4.78, 5) is 12.5. The van der Waals surface area contributed by atoms with Gasteiger partial charge in [-0.05, 0) is 39.2 Å². The van der Waals surface area contributed by atoms with Gasteiger partial charge in [0.15, 0.2) is 6.29 Å². The summed E-state index contributed by atoms with van der Waals surface area (Å²) < 4.78 is 14.4. The Kier molecular flexibility index (Phi) is 8.84. The predicted octanol–water partition coefficient (Wildman–Crippen LogP) is 4.36. The molecule has 3 aromatic carbocycles. The van der Waals surface area contributed by atoms with Crippen molar-refractivity contribution in [3.8, 4) is 0 Å². The number of carbonyl (C=O) groups is 1. The maximum Gasteiger partial charge on any atom is 0.319 e. The van der Waals surface area contributed by atoms with Gasteiger partial charge in [-0.25, -0.2) is 9.48 Å². The summed E-state index contributed by atoms with van der Waals surface area (Å²) >= 11 is 1.52. The van der Waals surface area contributed by atoms with Gasteiger partial charge in [0, 0.05) is 37.0 Å². The molecule has 1 saturated heterocycles. The number of amides is 2. The van der Waals surface area contributed by atoms with Crippen LogP contribution in [0, 0.1) is 0 Å². The molecule has 0 bridgehead atoms. The molecule has 11 heteroatoms. The average molecular weight is 547 g/mol. The molecular formula is C28H30N6O4S. The number of aromatic nitrogens is 4. The molecular weight excluding hydrogens is 516 g/mol. The second kappa shape index (κ2) is 12.9. The normalized spacial score (nSPS) is 19.0. The van der Waals surface area contributed by atoms with Gasteiger partial charge in [0.25, 0.3) is 0 Å². The fraction of sp³-hybridized carbons (Fsp3) is 0.286. The molecule has 2 amide bonds. The Morgan fingerprint density at radius 3 is 2.59 bits per heavy atom. The number of hydrogen-bond donors (Lipinski definition) is 3. The molecule has 5 rings (SSSR count). The second-order valence-corrected chi connectivity index (χ2v) is 10.2. The molecule has 1 aromatic heterocycles. The first-order valence-electron chi connectivity index (χ1n) is 12.6. The van der Waals surface area contributed by atoms with E-state index >= 15 is 0 Å². The Balaban J connectivity index is 1.29. The van der Waals surface area contributed by atoms with Gasteiger partial charge in [0.2, 0.25) is 5.16 Å². The highest BCUT2D eigenvalue weighted by Gasteiger charge is 2.32. The third kappa shape index (κ3) is 7.21. The van der Waals surface area contributed by atoms with Gasteiger partial charge in [0.05, 0.1) is 18.8 Å². The number of aryl methyl sites for hydroxylation is 1. The van der Waals surface area contributed by atoms with Crippen LogP contribution >= 0.6 is 11.8 Å². The zero-order valence-electron chi connectivity index (χ0n) is 21.4. The van der Waals surface area contributed by atoms with Crippen LogP contribution < -0.4 is 10.6 Å². The maximum absolute atomic E-state index is 12.5. The first-order chi connectivity index (χ1) is 19.1.